The minimum Gasteiger partial charge on any atom is -0.379 e. The smallest absolute Gasteiger partial charge is 0.191 e. The summed E-state index contributed by atoms with van der Waals surface area (Å²) in [6, 6.07) is 0. The minimum absolute atomic E-state index is 0.283. The fourth-order valence-electron chi connectivity index (χ4n) is 5.16. The van der Waals surface area contributed by atoms with Crippen LogP contribution in [0.4, 0.5) is 0 Å². The molecule has 0 aromatic rings. The molecule has 6 nitrogen and oxygen atoms in total. The Morgan fingerprint density at radius 1 is 1.11 bits per heavy atom. The molecule has 1 unspecified atom stereocenters. The van der Waals surface area contributed by atoms with Crippen LogP contribution >= 0.6 is 0 Å². The molecular formula is C21H41N5O. The molecule has 0 bridgehead atoms. The van der Waals surface area contributed by atoms with Crippen LogP contribution in [0.5, 0.6) is 0 Å². The molecule has 0 spiro atoms. The van der Waals surface area contributed by atoms with Gasteiger partial charge in [-0.25, -0.2) is 0 Å². The molecule has 1 atom stereocenters. The van der Waals surface area contributed by atoms with Gasteiger partial charge < -0.3 is 20.3 Å². The van der Waals surface area contributed by atoms with Gasteiger partial charge in [-0.3, -0.25) is 9.89 Å². The van der Waals surface area contributed by atoms with Gasteiger partial charge in [0.25, 0.3) is 0 Å². The Bertz CT molecular complexity index is 457. The average molecular weight is 380 g/mol. The van der Waals surface area contributed by atoms with E-state index in [0.29, 0.717) is 0 Å². The van der Waals surface area contributed by atoms with Crippen molar-refractivity contribution in [2.45, 2.75) is 57.4 Å². The van der Waals surface area contributed by atoms with Crippen LogP contribution < -0.4 is 10.6 Å². The zero-order valence-corrected chi connectivity index (χ0v) is 17.6. The van der Waals surface area contributed by atoms with Crippen LogP contribution in [0, 0.1) is 5.92 Å². The number of nitrogens with one attached hydrogen (secondary N) is 2. The van der Waals surface area contributed by atoms with Gasteiger partial charge in [-0.1, -0.05) is 26.2 Å². The zero-order chi connectivity index (χ0) is 19.0. The van der Waals surface area contributed by atoms with Crippen molar-refractivity contribution >= 4 is 5.96 Å². The number of likely N-dealkylation sites (tertiary alicyclic amines) is 1. The first-order valence-electron chi connectivity index (χ1n) is 11.3. The summed E-state index contributed by atoms with van der Waals surface area (Å²) in [4.78, 5) is 9.79. The third-order valence-electron chi connectivity index (χ3n) is 6.74. The highest BCUT2D eigenvalue weighted by molar-refractivity contribution is 5.79. The SMILES string of the molecule is CCCN1CCC(CNC(=NC)NCC2(N3CCOCC3)CCCCC2)C1. The third kappa shape index (κ3) is 5.81. The second-order valence-corrected chi connectivity index (χ2v) is 8.65. The molecule has 156 valence electrons. The monoisotopic (exact) mass is 379 g/mol. The minimum atomic E-state index is 0.283. The standard InChI is InChI=1S/C21H41N5O/c1-3-10-25-11-7-19(17-25)16-23-20(22-2)24-18-21(8-5-4-6-9-21)26-12-14-27-15-13-26/h19H,3-18H2,1-2H3,(H2,22,23,24). The second kappa shape index (κ2) is 10.6. The van der Waals surface area contributed by atoms with Crippen molar-refractivity contribution in [3.63, 3.8) is 0 Å². The van der Waals surface area contributed by atoms with Gasteiger partial charge in [0.05, 0.1) is 13.2 Å². The molecule has 2 N–H and O–H groups in total. The van der Waals surface area contributed by atoms with Gasteiger partial charge in [-0.15, -0.1) is 0 Å². The van der Waals surface area contributed by atoms with Gasteiger partial charge in [0.1, 0.15) is 0 Å². The normalized spacial score (nSPS) is 27.6. The summed E-state index contributed by atoms with van der Waals surface area (Å²) in [6.07, 6.45) is 9.24. The number of nitrogens with zero attached hydrogens (tertiary/aromatic N) is 3. The van der Waals surface area contributed by atoms with E-state index in [2.05, 4.69) is 32.3 Å². The third-order valence-corrected chi connectivity index (χ3v) is 6.74. The maximum Gasteiger partial charge on any atom is 0.191 e. The van der Waals surface area contributed by atoms with Crippen molar-refractivity contribution in [1.29, 1.82) is 0 Å². The Hall–Kier alpha value is -0.850. The van der Waals surface area contributed by atoms with Crippen LogP contribution in [0.2, 0.25) is 0 Å². The lowest BCUT2D eigenvalue weighted by Gasteiger charge is -2.48. The molecule has 3 fully saturated rings. The van der Waals surface area contributed by atoms with E-state index in [-0.39, 0.29) is 5.54 Å². The summed E-state index contributed by atoms with van der Waals surface area (Å²) in [7, 11) is 1.90. The lowest BCUT2D eigenvalue weighted by atomic mass is 9.80. The number of aliphatic imine (C=N–C) groups is 1. The highest BCUT2D eigenvalue weighted by Crippen LogP contribution is 2.33. The first kappa shape index (κ1) is 20.9. The number of rotatable bonds is 7. The summed E-state index contributed by atoms with van der Waals surface area (Å²) in [5.74, 6) is 1.72. The Morgan fingerprint density at radius 2 is 1.89 bits per heavy atom. The molecule has 0 radical (unpaired) electrons. The number of guanidine groups is 1. The molecule has 3 aliphatic rings. The first-order valence-corrected chi connectivity index (χ1v) is 11.3. The van der Waals surface area contributed by atoms with Crippen LogP contribution in [0.1, 0.15) is 51.9 Å². The number of ether oxygens (including phenoxy) is 1. The molecule has 0 aromatic carbocycles. The summed E-state index contributed by atoms with van der Waals surface area (Å²) < 4.78 is 5.60. The van der Waals surface area contributed by atoms with E-state index in [4.69, 9.17) is 4.74 Å². The molecule has 2 saturated heterocycles. The van der Waals surface area contributed by atoms with Crippen molar-refractivity contribution in [2.75, 3.05) is 66.1 Å². The molecule has 0 amide bonds. The average Bonchev–Trinajstić information content (AvgIpc) is 3.17. The van der Waals surface area contributed by atoms with Gasteiger partial charge >= 0.3 is 0 Å². The van der Waals surface area contributed by atoms with Crippen LogP contribution in [-0.4, -0.2) is 87.4 Å². The van der Waals surface area contributed by atoms with Crippen molar-refractivity contribution in [2.24, 2.45) is 10.9 Å². The van der Waals surface area contributed by atoms with Crippen LogP contribution in [-0.2, 0) is 4.74 Å². The molecule has 2 heterocycles. The van der Waals surface area contributed by atoms with Gasteiger partial charge in [0.15, 0.2) is 5.96 Å². The van der Waals surface area contributed by atoms with Crippen molar-refractivity contribution in [3.05, 3.63) is 0 Å². The van der Waals surface area contributed by atoms with Gasteiger partial charge in [0, 0.05) is 45.3 Å². The maximum absolute atomic E-state index is 5.60. The lowest BCUT2D eigenvalue weighted by Crippen LogP contribution is -2.60. The van der Waals surface area contributed by atoms with Gasteiger partial charge in [-0.2, -0.15) is 0 Å². The molecule has 1 aliphatic carbocycles. The molecule has 27 heavy (non-hydrogen) atoms. The number of morpholine rings is 1. The predicted molar refractivity (Wildman–Crippen MR) is 112 cm³/mol. The Balaban J connectivity index is 1.48. The van der Waals surface area contributed by atoms with E-state index < -0.39 is 0 Å². The van der Waals surface area contributed by atoms with Gasteiger partial charge in [0.2, 0.25) is 0 Å². The van der Waals surface area contributed by atoms with Crippen LogP contribution in [0.25, 0.3) is 0 Å². The molecule has 3 rings (SSSR count). The van der Waals surface area contributed by atoms with Crippen molar-refractivity contribution < 1.29 is 4.74 Å². The molecule has 2 aliphatic heterocycles. The van der Waals surface area contributed by atoms with Gasteiger partial charge in [-0.05, 0) is 44.7 Å². The lowest BCUT2D eigenvalue weighted by molar-refractivity contribution is -0.0352. The summed E-state index contributed by atoms with van der Waals surface area (Å²) in [5, 5.41) is 7.28. The van der Waals surface area contributed by atoms with E-state index in [1.165, 1.54) is 64.6 Å². The molecule has 1 saturated carbocycles. The topological polar surface area (TPSA) is 52.1 Å². The summed E-state index contributed by atoms with van der Waals surface area (Å²) >= 11 is 0. The van der Waals surface area contributed by atoms with Crippen LogP contribution in [0.3, 0.4) is 0 Å². The highest BCUT2D eigenvalue weighted by atomic mass is 16.5. The molecule has 0 aromatic heterocycles. The quantitative estimate of drug-likeness (QED) is 0.523. The Kier molecular flexibility index (Phi) is 8.22. The Labute approximate surface area is 166 Å². The highest BCUT2D eigenvalue weighted by Gasteiger charge is 2.38. The summed E-state index contributed by atoms with van der Waals surface area (Å²) in [5.41, 5.74) is 0.283. The Morgan fingerprint density at radius 3 is 2.59 bits per heavy atom. The van der Waals surface area contributed by atoms with E-state index >= 15 is 0 Å². The largest absolute Gasteiger partial charge is 0.379 e. The predicted octanol–water partition coefficient (Wildman–Crippen LogP) is 1.92. The fourth-order valence-corrected chi connectivity index (χ4v) is 5.16. The number of hydrogen-bond donors (Lipinski definition) is 2. The first-order chi connectivity index (χ1) is 13.3. The molecule has 6 heteroatoms. The number of hydrogen-bond acceptors (Lipinski definition) is 4. The summed E-state index contributed by atoms with van der Waals surface area (Å²) in [6.45, 7) is 11.9. The maximum atomic E-state index is 5.60. The van der Waals surface area contributed by atoms with Crippen LogP contribution in [0.15, 0.2) is 4.99 Å². The fraction of sp³-hybridized carbons (Fsp3) is 0.952. The van der Waals surface area contributed by atoms with Crippen molar-refractivity contribution in [3.8, 4) is 0 Å². The zero-order valence-electron chi connectivity index (χ0n) is 17.6. The molecular weight excluding hydrogens is 338 g/mol. The van der Waals surface area contributed by atoms with E-state index in [0.717, 1.165) is 51.3 Å². The van der Waals surface area contributed by atoms with Crippen molar-refractivity contribution in [1.82, 2.24) is 20.4 Å². The van der Waals surface area contributed by atoms with E-state index in [1.807, 2.05) is 7.05 Å². The second-order valence-electron chi connectivity index (χ2n) is 8.65. The van der Waals surface area contributed by atoms with E-state index in [1.54, 1.807) is 0 Å². The van der Waals surface area contributed by atoms with E-state index in [9.17, 15) is 0 Å².